The number of aliphatic hydroxyl groups is 1. The Hall–Kier alpha value is -2.39. The quantitative estimate of drug-likeness (QED) is 0.766. The van der Waals surface area contributed by atoms with E-state index in [0.29, 0.717) is 17.9 Å². The Balaban J connectivity index is 2.03. The third-order valence-electron chi connectivity index (χ3n) is 3.48. The molecule has 1 aromatic heterocycles. The summed E-state index contributed by atoms with van der Waals surface area (Å²) in [7, 11) is 0. The van der Waals surface area contributed by atoms with Crippen molar-refractivity contribution in [2.75, 3.05) is 0 Å². The van der Waals surface area contributed by atoms with Crippen LogP contribution in [0, 0.1) is 0 Å². The van der Waals surface area contributed by atoms with Gasteiger partial charge in [-0.2, -0.15) is 0 Å². The molecule has 0 fully saturated rings. The Bertz CT molecular complexity index is 750. The number of fused-ring (bicyclic) bond motifs is 1. The first-order chi connectivity index (χ1) is 10.3. The molecule has 0 spiro atoms. The van der Waals surface area contributed by atoms with Crippen LogP contribution in [0.1, 0.15) is 25.0 Å². The van der Waals surface area contributed by atoms with Gasteiger partial charge in [0.2, 0.25) is 0 Å². The molecule has 3 heteroatoms. The molecular formula is C18H17NO2. The zero-order chi connectivity index (χ0) is 14.7. The van der Waals surface area contributed by atoms with Crippen LogP contribution in [0.25, 0.3) is 10.9 Å². The third-order valence-corrected chi connectivity index (χ3v) is 3.48. The molecule has 0 radical (unpaired) electrons. The maximum absolute atomic E-state index is 10.1. The molecule has 0 aliphatic heterocycles. The lowest BCUT2D eigenvalue weighted by Gasteiger charge is -2.15. The average molecular weight is 279 g/mol. The van der Waals surface area contributed by atoms with Gasteiger partial charge in [0, 0.05) is 17.1 Å². The number of ether oxygens (including phenoxy) is 1. The summed E-state index contributed by atoms with van der Waals surface area (Å²) in [6.07, 6.45) is 1.88. The number of benzene rings is 2. The molecule has 1 heterocycles. The summed E-state index contributed by atoms with van der Waals surface area (Å²) < 4.78 is 6.02. The fraction of sp³-hybridized carbons (Fsp3) is 0.167. The molecule has 3 rings (SSSR count). The molecular weight excluding hydrogens is 262 g/mol. The van der Waals surface area contributed by atoms with E-state index in [-0.39, 0.29) is 0 Å². The minimum absolute atomic E-state index is 0.524. The number of rotatable bonds is 4. The van der Waals surface area contributed by atoms with Gasteiger partial charge in [-0.1, -0.05) is 43.3 Å². The molecule has 3 aromatic rings. The second-order valence-corrected chi connectivity index (χ2v) is 4.90. The van der Waals surface area contributed by atoms with Crippen molar-refractivity contribution < 1.29 is 9.84 Å². The van der Waals surface area contributed by atoms with Crippen molar-refractivity contribution in [2.45, 2.75) is 19.4 Å². The Kier molecular flexibility index (Phi) is 3.84. The molecule has 0 amide bonds. The molecule has 2 aromatic carbocycles. The van der Waals surface area contributed by atoms with Crippen LogP contribution in [0.3, 0.4) is 0 Å². The van der Waals surface area contributed by atoms with Crippen LogP contribution >= 0.6 is 0 Å². The van der Waals surface area contributed by atoms with Gasteiger partial charge in [-0.15, -0.1) is 0 Å². The van der Waals surface area contributed by atoms with Crippen LogP contribution in [-0.2, 0) is 0 Å². The number of nitrogens with zero attached hydrogens (tertiary/aromatic N) is 1. The highest BCUT2D eigenvalue weighted by Gasteiger charge is 2.13. The Morgan fingerprint density at radius 2 is 1.76 bits per heavy atom. The molecule has 106 valence electrons. The summed E-state index contributed by atoms with van der Waals surface area (Å²) in [5.41, 5.74) is 1.62. The number of aliphatic hydroxyl groups excluding tert-OH is 1. The van der Waals surface area contributed by atoms with Gasteiger partial charge in [0.25, 0.3) is 0 Å². The third kappa shape index (κ3) is 2.73. The Morgan fingerprint density at radius 3 is 2.62 bits per heavy atom. The van der Waals surface area contributed by atoms with Crippen molar-refractivity contribution in [1.29, 1.82) is 0 Å². The fourth-order valence-electron chi connectivity index (χ4n) is 2.35. The first kappa shape index (κ1) is 13.6. The molecule has 0 aliphatic carbocycles. The van der Waals surface area contributed by atoms with E-state index >= 15 is 0 Å². The minimum Gasteiger partial charge on any atom is -0.455 e. The molecule has 0 saturated carbocycles. The van der Waals surface area contributed by atoms with E-state index < -0.39 is 6.10 Å². The van der Waals surface area contributed by atoms with Crippen molar-refractivity contribution in [3.63, 3.8) is 0 Å². The standard InChI is InChI=1S/C18H17NO2/c1-2-15(20)14-9-3-4-10-16(14)21-17-11-5-7-13-8-6-12-19-18(13)17/h3-12,15,20H,2H2,1H3/t15-/m0/s1. The van der Waals surface area contributed by atoms with Crippen LogP contribution in [0.4, 0.5) is 0 Å². The molecule has 21 heavy (non-hydrogen) atoms. The van der Waals surface area contributed by atoms with Gasteiger partial charge in [-0.3, -0.25) is 4.98 Å². The molecule has 3 nitrogen and oxygen atoms in total. The van der Waals surface area contributed by atoms with Crippen LogP contribution in [-0.4, -0.2) is 10.1 Å². The van der Waals surface area contributed by atoms with Gasteiger partial charge in [0.1, 0.15) is 11.3 Å². The molecule has 1 atom stereocenters. The van der Waals surface area contributed by atoms with E-state index in [1.165, 1.54) is 0 Å². The molecule has 0 unspecified atom stereocenters. The van der Waals surface area contributed by atoms with E-state index in [9.17, 15) is 5.11 Å². The van der Waals surface area contributed by atoms with Crippen LogP contribution < -0.4 is 4.74 Å². The summed E-state index contributed by atoms with van der Waals surface area (Å²) in [5.74, 6) is 1.37. The number of aromatic nitrogens is 1. The summed E-state index contributed by atoms with van der Waals surface area (Å²) >= 11 is 0. The normalized spacial score (nSPS) is 12.3. The van der Waals surface area contributed by atoms with Crippen molar-refractivity contribution >= 4 is 10.9 Å². The Labute approximate surface area is 123 Å². The van der Waals surface area contributed by atoms with E-state index in [1.54, 1.807) is 6.20 Å². The summed E-state index contributed by atoms with van der Waals surface area (Å²) in [4.78, 5) is 4.38. The lowest BCUT2D eigenvalue weighted by atomic mass is 10.1. The predicted molar refractivity (Wildman–Crippen MR) is 83.5 cm³/mol. The van der Waals surface area contributed by atoms with Gasteiger partial charge in [-0.25, -0.2) is 0 Å². The lowest BCUT2D eigenvalue weighted by Crippen LogP contribution is -1.99. The molecule has 0 saturated heterocycles. The summed E-state index contributed by atoms with van der Waals surface area (Å²) in [6.45, 7) is 1.95. The highest BCUT2D eigenvalue weighted by molar-refractivity contribution is 5.84. The summed E-state index contributed by atoms with van der Waals surface area (Å²) in [5, 5.41) is 11.1. The lowest BCUT2D eigenvalue weighted by molar-refractivity contribution is 0.170. The van der Waals surface area contributed by atoms with Crippen molar-refractivity contribution in [3.05, 3.63) is 66.4 Å². The molecule has 0 aliphatic rings. The monoisotopic (exact) mass is 279 g/mol. The van der Waals surface area contributed by atoms with Gasteiger partial charge in [-0.05, 0) is 24.6 Å². The first-order valence-electron chi connectivity index (χ1n) is 7.08. The zero-order valence-electron chi connectivity index (χ0n) is 11.9. The number of hydrogen-bond acceptors (Lipinski definition) is 3. The van der Waals surface area contributed by atoms with E-state index in [0.717, 1.165) is 16.5 Å². The van der Waals surface area contributed by atoms with Gasteiger partial charge >= 0.3 is 0 Å². The van der Waals surface area contributed by atoms with Gasteiger partial charge in [0.05, 0.1) is 6.10 Å². The van der Waals surface area contributed by atoms with E-state index in [2.05, 4.69) is 4.98 Å². The van der Waals surface area contributed by atoms with Crippen LogP contribution in [0.2, 0.25) is 0 Å². The number of pyridine rings is 1. The van der Waals surface area contributed by atoms with Crippen LogP contribution in [0.15, 0.2) is 60.8 Å². The van der Waals surface area contributed by atoms with Crippen molar-refractivity contribution in [2.24, 2.45) is 0 Å². The second-order valence-electron chi connectivity index (χ2n) is 4.90. The van der Waals surface area contributed by atoms with E-state index in [4.69, 9.17) is 4.74 Å². The van der Waals surface area contributed by atoms with Gasteiger partial charge in [0.15, 0.2) is 5.75 Å². The van der Waals surface area contributed by atoms with Crippen LogP contribution in [0.5, 0.6) is 11.5 Å². The second kappa shape index (κ2) is 5.94. The maximum Gasteiger partial charge on any atom is 0.153 e. The minimum atomic E-state index is -0.524. The maximum atomic E-state index is 10.1. The highest BCUT2D eigenvalue weighted by Crippen LogP contribution is 2.33. The fourth-order valence-corrected chi connectivity index (χ4v) is 2.35. The Morgan fingerprint density at radius 1 is 1.00 bits per heavy atom. The number of hydrogen-bond donors (Lipinski definition) is 1. The summed E-state index contributed by atoms with van der Waals surface area (Å²) in [6, 6.07) is 17.3. The topological polar surface area (TPSA) is 42.4 Å². The van der Waals surface area contributed by atoms with Crippen molar-refractivity contribution in [1.82, 2.24) is 4.98 Å². The SMILES string of the molecule is CC[C@H](O)c1ccccc1Oc1cccc2cccnc12. The smallest absolute Gasteiger partial charge is 0.153 e. The highest BCUT2D eigenvalue weighted by atomic mass is 16.5. The van der Waals surface area contributed by atoms with E-state index in [1.807, 2.05) is 61.5 Å². The number of para-hydroxylation sites is 2. The van der Waals surface area contributed by atoms with Crippen molar-refractivity contribution in [3.8, 4) is 11.5 Å². The zero-order valence-corrected chi connectivity index (χ0v) is 11.9. The molecule has 1 N–H and O–H groups in total. The molecule has 0 bridgehead atoms. The average Bonchev–Trinajstić information content (AvgIpc) is 2.55. The van der Waals surface area contributed by atoms with Gasteiger partial charge < -0.3 is 9.84 Å². The predicted octanol–water partition coefficient (Wildman–Crippen LogP) is 4.47. The largest absolute Gasteiger partial charge is 0.455 e. The first-order valence-corrected chi connectivity index (χ1v) is 7.08.